The Morgan fingerprint density at radius 2 is 1.87 bits per heavy atom. The monoisotopic (exact) mass is 325 g/mol. The van der Waals surface area contributed by atoms with Crippen molar-refractivity contribution >= 4 is 22.8 Å². The summed E-state index contributed by atoms with van der Waals surface area (Å²) in [5.74, 6) is 1.16. The number of nitrogens with zero attached hydrogens (tertiary/aromatic N) is 3. The van der Waals surface area contributed by atoms with Crippen LogP contribution in [0.2, 0.25) is 0 Å². The topological polar surface area (TPSA) is 47.5 Å². The van der Waals surface area contributed by atoms with Crippen molar-refractivity contribution in [1.82, 2.24) is 13.6 Å². The number of hydrogen-bond donors (Lipinski definition) is 0. The molecule has 0 atom stereocenters. The van der Waals surface area contributed by atoms with E-state index in [1.807, 2.05) is 36.4 Å². The van der Waals surface area contributed by atoms with Crippen LogP contribution in [-0.4, -0.2) is 32.5 Å². The van der Waals surface area contributed by atoms with Gasteiger partial charge in [-0.15, -0.1) is 0 Å². The summed E-state index contributed by atoms with van der Waals surface area (Å²) in [7, 11) is 0. The second-order valence-corrected chi connectivity index (χ2v) is 6.60. The molecule has 116 valence electrons. The summed E-state index contributed by atoms with van der Waals surface area (Å²) in [5, 5.41) is 0. The molecule has 0 bridgehead atoms. The summed E-state index contributed by atoms with van der Waals surface area (Å²) >= 11 is 1.27. The molecule has 1 aromatic heterocycles. The number of rotatable bonds is 2. The van der Waals surface area contributed by atoms with E-state index in [0.29, 0.717) is 0 Å². The van der Waals surface area contributed by atoms with Crippen LogP contribution in [0.3, 0.4) is 0 Å². The Morgan fingerprint density at radius 1 is 1.04 bits per heavy atom. The van der Waals surface area contributed by atoms with Gasteiger partial charge < -0.3 is 9.47 Å². The van der Waals surface area contributed by atoms with Crippen molar-refractivity contribution in [3.63, 3.8) is 0 Å². The van der Waals surface area contributed by atoms with Crippen molar-refractivity contribution in [1.29, 1.82) is 0 Å². The molecule has 2 aliphatic rings. The van der Waals surface area contributed by atoms with Crippen molar-refractivity contribution in [2.75, 3.05) is 13.1 Å². The second-order valence-electron chi connectivity index (χ2n) is 6.07. The maximum Gasteiger partial charge on any atom is 0.265 e. The molecule has 5 nitrogen and oxygen atoms in total. The third-order valence-electron chi connectivity index (χ3n) is 4.48. The van der Waals surface area contributed by atoms with Crippen LogP contribution in [0.1, 0.15) is 12.0 Å². The quantitative estimate of drug-likeness (QED) is 0.725. The minimum atomic E-state index is -0.530. The fourth-order valence-corrected chi connectivity index (χ4v) is 3.97. The molecule has 1 fully saturated rings. The minimum Gasteiger partial charge on any atom is -0.447 e. The number of aromatic nitrogens is 2. The van der Waals surface area contributed by atoms with Crippen LogP contribution in [0.5, 0.6) is 11.5 Å². The highest BCUT2D eigenvalue weighted by Gasteiger charge is 2.47. The standard InChI is InChI=1S/C17H15N3O2S/c1-2-7-15-14(6-1)21-17(22-15)8-9-20(11-17)10-12-4-3-5-13-16(12)19-23-18-13/h1-7H,8-11H2. The molecular formula is C17H15N3O2S. The van der Waals surface area contributed by atoms with Gasteiger partial charge in [0.05, 0.1) is 18.3 Å². The molecule has 0 unspecified atom stereocenters. The highest BCUT2D eigenvalue weighted by atomic mass is 32.1. The molecule has 0 N–H and O–H groups in total. The lowest BCUT2D eigenvalue weighted by atomic mass is 10.2. The van der Waals surface area contributed by atoms with Gasteiger partial charge in [-0.25, -0.2) is 0 Å². The van der Waals surface area contributed by atoms with Gasteiger partial charge in [0, 0.05) is 19.5 Å². The summed E-state index contributed by atoms with van der Waals surface area (Å²) in [6.45, 7) is 2.55. The molecule has 2 aliphatic heterocycles. The largest absolute Gasteiger partial charge is 0.447 e. The van der Waals surface area contributed by atoms with Gasteiger partial charge in [0.1, 0.15) is 11.0 Å². The average molecular weight is 325 g/mol. The molecule has 3 heterocycles. The van der Waals surface area contributed by atoms with Crippen LogP contribution in [0.25, 0.3) is 11.0 Å². The molecule has 0 radical (unpaired) electrons. The molecule has 0 amide bonds. The zero-order valence-electron chi connectivity index (χ0n) is 12.4. The van der Waals surface area contributed by atoms with Crippen LogP contribution in [0.15, 0.2) is 42.5 Å². The van der Waals surface area contributed by atoms with Crippen molar-refractivity contribution < 1.29 is 9.47 Å². The molecule has 0 aliphatic carbocycles. The highest BCUT2D eigenvalue weighted by Crippen LogP contribution is 2.43. The molecule has 0 saturated carbocycles. The Kier molecular flexibility index (Phi) is 2.83. The normalized spacial score (nSPS) is 19.0. The van der Waals surface area contributed by atoms with Gasteiger partial charge in [-0.3, -0.25) is 4.90 Å². The molecule has 2 aromatic carbocycles. The summed E-state index contributed by atoms with van der Waals surface area (Å²) < 4.78 is 21.0. The van der Waals surface area contributed by atoms with E-state index in [-0.39, 0.29) is 0 Å². The van der Waals surface area contributed by atoms with Crippen molar-refractivity contribution in [2.24, 2.45) is 0 Å². The average Bonchev–Trinajstić information content (AvgIpc) is 3.26. The fraction of sp³-hybridized carbons (Fsp3) is 0.294. The predicted octanol–water partition coefficient (Wildman–Crippen LogP) is 3.06. The van der Waals surface area contributed by atoms with E-state index in [9.17, 15) is 0 Å². The van der Waals surface area contributed by atoms with Crippen molar-refractivity contribution in [3.8, 4) is 11.5 Å². The number of likely N-dealkylation sites (tertiary alicyclic amines) is 1. The first-order valence-electron chi connectivity index (χ1n) is 7.71. The third-order valence-corrected chi connectivity index (χ3v) is 5.02. The first-order chi connectivity index (χ1) is 11.3. The fourth-order valence-electron chi connectivity index (χ4n) is 3.40. The number of para-hydroxylation sites is 2. The zero-order valence-corrected chi connectivity index (χ0v) is 13.3. The molecule has 5 rings (SSSR count). The molecule has 1 saturated heterocycles. The summed E-state index contributed by atoms with van der Waals surface area (Å²) in [4.78, 5) is 2.36. The maximum absolute atomic E-state index is 6.11. The van der Waals surface area contributed by atoms with E-state index < -0.39 is 5.79 Å². The molecular weight excluding hydrogens is 310 g/mol. The lowest BCUT2D eigenvalue weighted by Gasteiger charge is -2.23. The lowest BCUT2D eigenvalue weighted by Crippen LogP contribution is -2.41. The van der Waals surface area contributed by atoms with Gasteiger partial charge in [0.2, 0.25) is 0 Å². The Morgan fingerprint density at radius 3 is 2.70 bits per heavy atom. The van der Waals surface area contributed by atoms with Gasteiger partial charge in [-0.2, -0.15) is 8.75 Å². The number of benzene rings is 2. The lowest BCUT2D eigenvalue weighted by molar-refractivity contribution is -0.0678. The molecule has 23 heavy (non-hydrogen) atoms. The maximum atomic E-state index is 6.11. The van der Waals surface area contributed by atoms with E-state index in [1.54, 1.807) is 0 Å². The van der Waals surface area contributed by atoms with Crippen LogP contribution in [-0.2, 0) is 6.54 Å². The van der Waals surface area contributed by atoms with Crippen LogP contribution in [0.4, 0.5) is 0 Å². The van der Waals surface area contributed by atoms with Gasteiger partial charge in [-0.1, -0.05) is 24.3 Å². The van der Waals surface area contributed by atoms with Crippen LogP contribution < -0.4 is 9.47 Å². The number of hydrogen-bond acceptors (Lipinski definition) is 6. The second kappa shape index (κ2) is 4.91. The van der Waals surface area contributed by atoms with Crippen molar-refractivity contribution in [2.45, 2.75) is 18.8 Å². The summed E-state index contributed by atoms with van der Waals surface area (Å²) in [6, 6.07) is 14.1. The third kappa shape index (κ3) is 2.17. The Hall–Kier alpha value is -2.18. The smallest absolute Gasteiger partial charge is 0.265 e. The Labute approximate surface area is 137 Å². The zero-order chi connectivity index (χ0) is 15.3. The minimum absolute atomic E-state index is 0.530. The predicted molar refractivity (Wildman–Crippen MR) is 87.7 cm³/mol. The van der Waals surface area contributed by atoms with Gasteiger partial charge >= 0.3 is 0 Å². The van der Waals surface area contributed by atoms with Gasteiger partial charge in [-0.05, 0) is 23.8 Å². The van der Waals surface area contributed by atoms with Gasteiger partial charge in [0.25, 0.3) is 5.79 Å². The Balaban J connectivity index is 1.36. The summed E-state index contributed by atoms with van der Waals surface area (Å²) in [6.07, 6.45) is 0.868. The van der Waals surface area contributed by atoms with Crippen LogP contribution >= 0.6 is 11.7 Å². The highest BCUT2D eigenvalue weighted by molar-refractivity contribution is 7.00. The first kappa shape index (κ1) is 13.3. The van der Waals surface area contributed by atoms with E-state index >= 15 is 0 Å². The van der Waals surface area contributed by atoms with Crippen molar-refractivity contribution in [3.05, 3.63) is 48.0 Å². The van der Waals surface area contributed by atoms with Crippen LogP contribution in [0, 0.1) is 0 Å². The first-order valence-corrected chi connectivity index (χ1v) is 8.44. The van der Waals surface area contributed by atoms with E-state index in [1.165, 1.54) is 17.3 Å². The molecule has 1 spiro atoms. The number of fused-ring (bicyclic) bond motifs is 2. The van der Waals surface area contributed by atoms with Gasteiger partial charge in [0.15, 0.2) is 11.5 Å². The Bertz CT molecular complexity index is 854. The van der Waals surface area contributed by atoms with E-state index in [0.717, 1.165) is 48.6 Å². The SMILES string of the molecule is c1ccc2c(c1)OC1(CCN(Cc3cccc4nsnc34)C1)O2. The molecule has 3 aromatic rings. The van der Waals surface area contributed by atoms with E-state index in [2.05, 4.69) is 19.7 Å². The van der Waals surface area contributed by atoms with E-state index in [4.69, 9.17) is 9.47 Å². The molecule has 6 heteroatoms. The number of ether oxygens (including phenoxy) is 2. The summed E-state index contributed by atoms with van der Waals surface area (Å²) in [5.41, 5.74) is 3.20.